The number of ether oxygens (including phenoxy) is 6. The van der Waals surface area contributed by atoms with Crippen LogP contribution in [0.5, 0.6) is 11.5 Å². The van der Waals surface area contributed by atoms with Gasteiger partial charge in [-0.2, -0.15) is 10.2 Å². The fourth-order valence-corrected chi connectivity index (χ4v) is 14.6. The van der Waals surface area contributed by atoms with E-state index in [1.807, 2.05) is 113 Å². The molecule has 6 fully saturated rings. The van der Waals surface area contributed by atoms with Crippen LogP contribution in [0.1, 0.15) is 71.4 Å². The highest BCUT2D eigenvalue weighted by Crippen LogP contribution is 2.41. The van der Waals surface area contributed by atoms with Crippen LogP contribution in [0.15, 0.2) is 159 Å². The molecule has 103 heavy (non-hydrogen) atoms. The molecule has 0 bridgehead atoms. The molecule has 8 heterocycles. The van der Waals surface area contributed by atoms with E-state index in [4.69, 9.17) is 28.4 Å². The summed E-state index contributed by atoms with van der Waals surface area (Å²) in [6, 6.07) is 38.0. The van der Waals surface area contributed by atoms with Crippen molar-refractivity contribution in [3.63, 3.8) is 0 Å². The summed E-state index contributed by atoms with van der Waals surface area (Å²) in [6.45, 7) is 17.5. The van der Waals surface area contributed by atoms with Crippen molar-refractivity contribution in [2.24, 2.45) is 0 Å². The summed E-state index contributed by atoms with van der Waals surface area (Å²) in [5.41, 5.74) is 2.61. The second-order valence-corrected chi connectivity index (χ2v) is 27.4. The molecule has 2 N–H and O–H groups in total. The summed E-state index contributed by atoms with van der Waals surface area (Å²) in [6.07, 6.45) is 6.91. The number of aliphatic hydroxyl groups excluding tert-OH is 1. The van der Waals surface area contributed by atoms with E-state index in [1.54, 1.807) is 14.7 Å². The minimum absolute atomic E-state index is 0.0250. The number of hydrogen-bond donors (Lipinski definition) is 2. The number of piperazine rings is 2. The maximum atomic E-state index is 14.9. The maximum Gasteiger partial charge on any atom is 0.327 e. The van der Waals surface area contributed by atoms with Crippen LogP contribution >= 0.6 is 0 Å². The topological polar surface area (TPSA) is 217 Å². The van der Waals surface area contributed by atoms with Gasteiger partial charge < -0.3 is 58.2 Å². The first-order chi connectivity index (χ1) is 49.8. The molecule has 0 aliphatic carbocycles. The second kappa shape index (κ2) is 31.2. The van der Waals surface area contributed by atoms with E-state index in [9.17, 15) is 37.4 Å². The van der Waals surface area contributed by atoms with E-state index in [-0.39, 0.29) is 87.9 Å². The highest BCUT2D eigenvalue weighted by molar-refractivity contribution is 5.96. The van der Waals surface area contributed by atoms with Gasteiger partial charge in [-0.1, -0.05) is 31.9 Å². The Bertz CT molecular complexity index is 4120. The molecular formula is C75H88F4N14O10. The molecule has 2 unspecified atom stereocenters. The average molecular weight is 1420 g/mol. The van der Waals surface area contributed by atoms with Crippen molar-refractivity contribution in [2.45, 2.75) is 121 Å². The van der Waals surface area contributed by atoms with Gasteiger partial charge in [-0.05, 0) is 150 Å². The number of aromatic nitrogens is 6. The van der Waals surface area contributed by atoms with Crippen LogP contribution in [0.2, 0.25) is 0 Å². The average Bonchev–Trinajstić information content (AvgIpc) is 1.67. The van der Waals surface area contributed by atoms with Gasteiger partial charge in [0.05, 0.1) is 39.4 Å². The highest BCUT2D eigenvalue weighted by atomic mass is 19.1. The third kappa shape index (κ3) is 16.0. The molecule has 0 radical (unpaired) electrons. The molecule has 0 saturated carbocycles. The van der Waals surface area contributed by atoms with Crippen molar-refractivity contribution in [1.82, 2.24) is 39.3 Å². The Kier molecular flexibility index (Phi) is 21.7. The molecule has 2 aromatic heterocycles. The van der Waals surface area contributed by atoms with E-state index in [0.29, 0.717) is 17.9 Å². The predicted octanol–water partition coefficient (Wildman–Crippen LogP) is 10.3. The van der Waals surface area contributed by atoms with Crippen LogP contribution < -0.4 is 38.9 Å². The van der Waals surface area contributed by atoms with E-state index in [0.717, 1.165) is 118 Å². The fourth-order valence-electron chi connectivity index (χ4n) is 14.6. The second-order valence-electron chi connectivity index (χ2n) is 27.4. The lowest BCUT2D eigenvalue weighted by Gasteiger charge is -2.37. The molecule has 28 heteroatoms. The number of benzene rings is 6. The number of β-amino-alcohol motifs (C(OH)–C–C–N with tert-alkyl or cyclic N) is 2. The Hall–Kier alpha value is -9.58. The zero-order valence-electron chi connectivity index (χ0n) is 58.5. The third-order valence-corrected chi connectivity index (χ3v) is 19.8. The van der Waals surface area contributed by atoms with Crippen LogP contribution in [-0.4, -0.2) is 190 Å². The number of urea groups is 2. The first-order valence-electron chi connectivity index (χ1n) is 35.2. The molecule has 6 saturated heterocycles. The number of aliphatic hydroxyl groups is 2. The van der Waals surface area contributed by atoms with Crippen molar-refractivity contribution in [3.05, 3.63) is 193 Å². The van der Waals surface area contributed by atoms with E-state index in [1.165, 1.54) is 63.8 Å². The lowest BCUT2D eigenvalue weighted by molar-refractivity contribution is -0.117. The van der Waals surface area contributed by atoms with Crippen molar-refractivity contribution in [3.8, 4) is 11.5 Å². The summed E-state index contributed by atoms with van der Waals surface area (Å²) in [5.74, 6) is -1.53. The Labute approximate surface area is 596 Å². The van der Waals surface area contributed by atoms with Crippen LogP contribution in [0.3, 0.4) is 0 Å². The minimum atomic E-state index is -1.24. The molecule has 6 aliphatic rings. The number of amides is 4. The van der Waals surface area contributed by atoms with Crippen LogP contribution in [0.4, 0.5) is 61.3 Å². The smallest absolute Gasteiger partial charge is 0.327 e. The third-order valence-electron chi connectivity index (χ3n) is 19.8. The normalized spacial score (nSPS) is 23.1. The lowest BCUT2D eigenvalue weighted by Crippen LogP contribution is -2.50. The number of rotatable bonds is 24. The zero-order chi connectivity index (χ0) is 72.0. The SMILES string of the molecule is CC(C)N1C(=O)N(c2ccc(N3CCN(c4ccc(OC[C@H]5OC[C@](Cn6cncn6)(c6ccc(F)cc6F)O5)cc4)CC3)cc2)CC1O.CCCCCC1(O)CN(c2ccc(N3CCN(c4ccc(OC[C@H]5OC[C@](Cn6cncn6)(c6ccc(F)cc6F)O5)cc4)CC3)cc2)C(=O)N1C(C)C. The summed E-state index contributed by atoms with van der Waals surface area (Å²) in [7, 11) is 0. The van der Waals surface area contributed by atoms with E-state index < -0.39 is 59.0 Å². The Morgan fingerprint density at radius 3 is 1.31 bits per heavy atom. The monoisotopic (exact) mass is 1420 g/mol. The number of hydrogen-bond acceptors (Lipinski definition) is 18. The van der Waals surface area contributed by atoms with Crippen molar-refractivity contribution in [2.75, 3.05) is 121 Å². The Morgan fingerprint density at radius 1 is 0.534 bits per heavy atom. The Balaban J connectivity index is 0.000000184. The molecule has 14 rings (SSSR count). The van der Waals surface area contributed by atoms with Gasteiger partial charge in [0, 0.05) is 122 Å². The van der Waals surface area contributed by atoms with Crippen molar-refractivity contribution in [1.29, 1.82) is 0 Å². The molecule has 0 spiro atoms. The minimum Gasteiger partial charge on any atom is -0.488 e. The molecule has 546 valence electrons. The highest BCUT2D eigenvalue weighted by Gasteiger charge is 2.51. The Morgan fingerprint density at radius 2 is 0.942 bits per heavy atom. The van der Waals surface area contributed by atoms with Crippen LogP contribution in [-0.2, 0) is 43.2 Å². The zero-order valence-corrected chi connectivity index (χ0v) is 58.5. The summed E-state index contributed by atoms with van der Waals surface area (Å²) < 4.78 is 96.6. The van der Waals surface area contributed by atoms with E-state index >= 15 is 0 Å². The standard InChI is InChI=1S/C40H49F2N7O5.C35H39F2N7O5/c1-4-5-6-17-40(51)25-48(38(50)49(40)29(2)3)33-10-8-31(9-11-33)45-18-20-46(21-19-45)32-12-14-34(15-13-32)52-23-37-53-26-39(54-37,24-47-28-43-27-44-47)35-16-7-30(41)22-36(35)42;1-24(2)44-32(45)18-43(34(44)46)28-6-4-26(5-7-28)40-13-15-41(16-14-40)27-8-10-29(11-9-27)47-19-33-48-21-35(49-33,20-42-23-38-22-39-42)30-12-3-25(36)17-31(30)37/h7-16,22,27-29,37,51H,4-6,17-21,23-26H2,1-3H3;3-12,17,22-24,32-33,45H,13-16,18-21H2,1-2H3/t37-,39+,40?;32?,33-,35+/m00/s1. The summed E-state index contributed by atoms with van der Waals surface area (Å²) in [4.78, 5) is 49.9. The van der Waals surface area contributed by atoms with Gasteiger partial charge in [-0.3, -0.25) is 19.6 Å². The number of halogens is 4. The molecule has 6 atom stereocenters. The summed E-state index contributed by atoms with van der Waals surface area (Å²) >= 11 is 0. The van der Waals surface area contributed by atoms with Gasteiger partial charge >= 0.3 is 12.1 Å². The number of anilines is 6. The molecule has 6 aromatic carbocycles. The molecule has 6 aliphatic heterocycles. The number of nitrogens with zero attached hydrogens (tertiary/aromatic N) is 14. The maximum absolute atomic E-state index is 14.9. The van der Waals surface area contributed by atoms with Gasteiger partial charge in [0.15, 0.2) is 18.3 Å². The van der Waals surface area contributed by atoms with Gasteiger partial charge in [0.25, 0.3) is 0 Å². The fraction of sp³-hybridized carbons (Fsp3) is 0.440. The van der Waals surface area contributed by atoms with Gasteiger partial charge in [-0.15, -0.1) is 0 Å². The van der Waals surface area contributed by atoms with Crippen LogP contribution in [0, 0.1) is 23.3 Å². The first kappa shape index (κ1) is 71.8. The van der Waals surface area contributed by atoms with Crippen molar-refractivity contribution >= 4 is 46.2 Å². The quantitative estimate of drug-likeness (QED) is 0.0425. The number of carbonyl (C=O) groups is 2. The van der Waals surface area contributed by atoms with Gasteiger partial charge in [0.1, 0.15) is 90.7 Å². The van der Waals surface area contributed by atoms with Gasteiger partial charge in [-0.25, -0.2) is 46.5 Å². The lowest BCUT2D eigenvalue weighted by atomic mass is 9.94. The van der Waals surface area contributed by atoms with E-state index in [2.05, 4.69) is 58.8 Å². The molecule has 8 aromatic rings. The van der Waals surface area contributed by atoms with Crippen molar-refractivity contribution < 1.29 is 65.8 Å². The molecule has 4 amide bonds. The first-order valence-corrected chi connectivity index (χ1v) is 35.2. The van der Waals surface area contributed by atoms with Gasteiger partial charge in [0.2, 0.25) is 0 Å². The number of unbranched alkanes of at least 4 members (excludes halogenated alkanes) is 2. The van der Waals surface area contributed by atoms with Crippen LogP contribution in [0.25, 0.3) is 0 Å². The number of carbonyl (C=O) groups excluding carboxylic acids is 2. The summed E-state index contributed by atoms with van der Waals surface area (Å²) in [5, 5.41) is 30.1. The molecule has 24 nitrogen and oxygen atoms in total. The molecular weight excluding hydrogens is 1330 g/mol. The predicted molar refractivity (Wildman–Crippen MR) is 378 cm³/mol. The largest absolute Gasteiger partial charge is 0.488 e.